The van der Waals surface area contributed by atoms with Gasteiger partial charge in [-0.3, -0.25) is 4.90 Å². The van der Waals surface area contributed by atoms with Crippen molar-refractivity contribution < 1.29 is 21.6 Å². The standard InChI is InChI=1S/C11H19F3N2O2S/c12-11(13,14)8-16(10-1-2-10)5-4-15-9-3-6-19(17,18)7-9/h9-10,15H,1-8H2. The van der Waals surface area contributed by atoms with Crippen molar-refractivity contribution in [1.82, 2.24) is 10.2 Å². The number of sulfone groups is 1. The van der Waals surface area contributed by atoms with E-state index in [1.807, 2.05) is 0 Å². The highest BCUT2D eigenvalue weighted by Gasteiger charge is 2.37. The molecule has 0 amide bonds. The van der Waals surface area contributed by atoms with Gasteiger partial charge in [0.2, 0.25) is 0 Å². The highest BCUT2D eigenvalue weighted by Crippen LogP contribution is 2.29. The second-order valence-electron chi connectivity index (χ2n) is 5.37. The highest BCUT2D eigenvalue weighted by atomic mass is 32.2. The minimum atomic E-state index is -4.17. The van der Waals surface area contributed by atoms with E-state index >= 15 is 0 Å². The van der Waals surface area contributed by atoms with Gasteiger partial charge in [0.1, 0.15) is 0 Å². The van der Waals surface area contributed by atoms with Crippen LogP contribution in [0, 0.1) is 0 Å². The first-order valence-corrected chi connectivity index (χ1v) is 8.32. The highest BCUT2D eigenvalue weighted by molar-refractivity contribution is 7.91. The number of hydrogen-bond acceptors (Lipinski definition) is 4. The van der Waals surface area contributed by atoms with E-state index in [1.165, 1.54) is 4.90 Å². The molecular weight excluding hydrogens is 281 g/mol. The zero-order valence-corrected chi connectivity index (χ0v) is 11.4. The van der Waals surface area contributed by atoms with Gasteiger partial charge in [0.05, 0.1) is 18.1 Å². The molecule has 2 rings (SSSR count). The van der Waals surface area contributed by atoms with Gasteiger partial charge < -0.3 is 5.32 Å². The fourth-order valence-electron chi connectivity index (χ4n) is 2.43. The Kier molecular flexibility index (Phi) is 4.42. The first-order chi connectivity index (χ1) is 8.75. The van der Waals surface area contributed by atoms with Gasteiger partial charge in [-0.2, -0.15) is 13.2 Å². The lowest BCUT2D eigenvalue weighted by Crippen LogP contribution is -2.42. The molecule has 19 heavy (non-hydrogen) atoms. The van der Waals surface area contributed by atoms with E-state index in [4.69, 9.17) is 0 Å². The molecular formula is C11H19F3N2O2S. The first-order valence-electron chi connectivity index (χ1n) is 6.50. The van der Waals surface area contributed by atoms with Gasteiger partial charge >= 0.3 is 6.18 Å². The van der Waals surface area contributed by atoms with Crippen molar-refractivity contribution in [2.75, 3.05) is 31.1 Å². The monoisotopic (exact) mass is 300 g/mol. The van der Waals surface area contributed by atoms with Crippen molar-refractivity contribution in [2.45, 2.75) is 37.5 Å². The van der Waals surface area contributed by atoms with Crippen LogP contribution in [0.1, 0.15) is 19.3 Å². The van der Waals surface area contributed by atoms with Gasteiger partial charge in [-0.15, -0.1) is 0 Å². The molecule has 0 aromatic rings. The van der Waals surface area contributed by atoms with Gasteiger partial charge in [0.25, 0.3) is 0 Å². The summed E-state index contributed by atoms with van der Waals surface area (Å²) in [5, 5.41) is 3.05. The van der Waals surface area contributed by atoms with E-state index in [2.05, 4.69) is 5.32 Å². The number of nitrogens with one attached hydrogen (secondary N) is 1. The summed E-state index contributed by atoms with van der Waals surface area (Å²) in [5.41, 5.74) is 0. The summed E-state index contributed by atoms with van der Waals surface area (Å²) < 4.78 is 59.6. The normalized spacial score (nSPS) is 27.1. The molecule has 0 radical (unpaired) electrons. The van der Waals surface area contributed by atoms with E-state index in [9.17, 15) is 21.6 Å². The Bertz CT molecular complexity index is 407. The third-order valence-electron chi connectivity index (χ3n) is 3.51. The van der Waals surface area contributed by atoms with Crippen molar-refractivity contribution in [1.29, 1.82) is 0 Å². The SMILES string of the molecule is O=S1(=O)CCC(NCCN(CC(F)(F)F)C2CC2)C1. The Morgan fingerprint density at radius 3 is 2.37 bits per heavy atom. The molecule has 0 bridgehead atoms. The summed E-state index contributed by atoms with van der Waals surface area (Å²) >= 11 is 0. The van der Waals surface area contributed by atoms with Gasteiger partial charge in [-0.25, -0.2) is 8.42 Å². The van der Waals surface area contributed by atoms with Crippen LogP contribution in [0.4, 0.5) is 13.2 Å². The fraction of sp³-hybridized carbons (Fsp3) is 1.00. The second-order valence-corrected chi connectivity index (χ2v) is 7.60. The fourth-order valence-corrected chi connectivity index (χ4v) is 4.14. The third kappa shape index (κ3) is 5.27. The van der Waals surface area contributed by atoms with Crippen LogP contribution in [0.25, 0.3) is 0 Å². The largest absolute Gasteiger partial charge is 0.401 e. The zero-order valence-electron chi connectivity index (χ0n) is 10.6. The van der Waals surface area contributed by atoms with Crippen LogP contribution in [0.5, 0.6) is 0 Å². The molecule has 2 fully saturated rings. The van der Waals surface area contributed by atoms with E-state index in [0.29, 0.717) is 19.5 Å². The smallest absolute Gasteiger partial charge is 0.312 e. The molecule has 1 aliphatic carbocycles. The van der Waals surface area contributed by atoms with Gasteiger partial charge in [-0.05, 0) is 19.3 Å². The molecule has 1 saturated carbocycles. The second kappa shape index (κ2) is 5.57. The van der Waals surface area contributed by atoms with Crippen LogP contribution in [-0.4, -0.2) is 62.7 Å². The Labute approximate surface area is 111 Å². The number of nitrogens with zero attached hydrogens (tertiary/aromatic N) is 1. The van der Waals surface area contributed by atoms with Gasteiger partial charge in [0, 0.05) is 25.2 Å². The lowest BCUT2D eigenvalue weighted by atomic mass is 10.2. The molecule has 1 aliphatic heterocycles. The summed E-state index contributed by atoms with van der Waals surface area (Å²) in [6.45, 7) is -0.143. The molecule has 1 atom stereocenters. The number of rotatable bonds is 6. The first kappa shape index (κ1) is 15.1. The molecule has 0 spiro atoms. The van der Waals surface area contributed by atoms with Crippen molar-refractivity contribution in [3.8, 4) is 0 Å². The molecule has 1 saturated heterocycles. The number of halogens is 3. The predicted molar refractivity (Wildman–Crippen MR) is 65.7 cm³/mol. The minimum absolute atomic E-state index is 0.0516. The summed E-state index contributed by atoms with van der Waals surface area (Å²) in [6, 6.07) is -0.0484. The Morgan fingerprint density at radius 1 is 1.21 bits per heavy atom. The van der Waals surface area contributed by atoms with E-state index in [0.717, 1.165) is 12.8 Å². The third-order valence-corrected chi connectivity index (χ3v) is 5.28. The quantitative estimate of drug-likeness (QED) is 0.788. The Morgan fingerprint density at radius 2 is 1.89 bits per heavy atom. The van der Waals surface area contributed by atoms with Crippen LogP contribution in [0.2, 0.25) is 0 Å². The molecule has 112 valence electrons. The number of alkyl halides is 3. The average Bonchev–Trinajstić information content (AvgIpc) is 3.01. The van der Waals surface area contributed by atoms with E-state index < -0.39 is 22.6 Å². The van der Waals surface area contributed by atoms with Crippen LogP contribution in [0.3, 0.4) is 0 Å². The minimum Gasteiger partial charge on any atom is -0.312 e. The van der Waals surface area contributed by atoms with Crippen LogP contribution in [-0.2, 0) is 9.84 Å². The van der Waals surface area contributed by atoms with Crippen LogP contribution >= 0.6 is 0 Å². The molecule has 1 unspecified atom stereocenters. The van der Waals surface area contributed by atoms with Crippen molar-refractivity contribution in [3.63, 3.8) is 0 Å². The molecule has 2 aliphatic rings. The van der Waals surface area contributed by atoms with Crippen molar-refractivity contribution in [2.24, 2.45) is 0 Å². The molecule has 0 aromatic carbocycles. The summed E-state index contributed by atoms with van der Waals surface area (Å²) in [5.74, 6) is 0.287. The van der Waals surface area contributed by atoms with Crippen LogP contribution in [0.15, 0.2) is 0 Å². The van der Waals surface area contributed by atoms with Crippen molar-refractivity contribution >= 4 is 9.84 Å². The molecule has 0 aromatic heterocycles. The van der Waals surface area contributed by atoms with E-state index in [-0.39, 0.29) is 23.6 Å². The summed E-state index contributed by atoms with van der Waals surface area (Å²) in [6.07, 6.45) is -1.95. The molecule has 4 nitrogen and oxygen atoms in total. The lowest BCUT2D eigenvalue weighted by molar-refractivity contribution is -0.147. The van der Waals surface area contributed by atoms with E-state index in [1.54, 1.807) is 0 Å². The molecule has 1 N–H and O–H groups in total. The lowest BCUT2D eigenvalue weighted by Gasteiger charge is -2.24. The maximum absolute atomic E-state index is 12.4. The number of hydrogen-bond donors (Lipinski definition) is 1. The molecule has 8 heteroatoms. The Balaban J connectivity index is 1.71. The predicted octanol–water partition coefficient (Wildman–Crippen LogP) is 0.790. The molecule has 1 heterocycles. The van der Waals surface area contributed by atoms with Crippen LogP contribution < -0.4 is 5.32 Å². The maximum Gasteiger partial charge on any atom is 0.401 e. The topological polar surface area (TPSA) is 49.4 Å². The summed E-state index contributed by atoms with van der Waals surface area (Å²) in [7, 11) is -2.94. The summed E-state index contributed by atoms with van der Waals surface area (Å²) in [4.78, 5) is 1.44. The Hall–Kier alpha value is -0.340. The zero-order chi connectivity index (χ0) is 14.1. The van der Waals surface area contributed by atoms with Gasteiger partial charge in [0.15, 0.2) is 9.84 Å². The maximum atomic E-state index is 12.4. The van der Waals surface area contributed by atoms with Gasteiger partial charge in [-0.1, -0.05) is 0 Å². The van der Waals surface area contributed by atoms with Crippen molar-refractivity contribution in [3.05, 3.63) is 0 Å². The average molecular weight is 300 g/mol.